The molecule has 0 aliphatic heterocycles. The van der Waals surface area contributed by atoms with Gasteiger partial charge in [-0.05, 0) is 41.4 Å². The van der Waals surface area contributed by atoms with Crippen LogP contribution in [0.1, 0.15) is 94.4 Å². The third-order valence-electron chi connectivity index (χ3n) is 6.01. The summed E-state index contributed by atoms with van der Waals surface area (Å²) >= 11 is 0. The van der Waals surface area contributed by atoms with E-state index in [4.69, 9.17) is 0 Å². The topological polar surface area (TPSA) is 0 Å². The van der Waals surface area contributed by atoms with Crippen molar-refractivity contribution in [3.8, 4) is 0 Å². The smallest absolute Gasteiger partial charge is 0.0264 e. The van der Waals surface area contributed by atoms with Gasteiger partial charge in [0.2, 0.25) is 0 Å². The monoisotopic (exact) mass is 282 g/mol. The van der Waals surface area contributed by atoms with Crippen LogP contribution in [-0.2, 0) is 0 Å². The third kappa shape index (κ3) is 4.78. The van der Waals surface area contributed by atoms with Crippen LogP contribution in [0.25, 0.3) is 0 Å². The molecule has 0 heterocycles. The van der Waals surface area contributed by atoms with Gasteiger partial charge in [-0.3, -0.25) is 0 Å². The Morgan fingerprint density at radius 3 is 1.65 bits per heavy atom. The fourth-order valence-electron chi connectivity index (χ4n) is 5.01. The summed E-state index contributed by atoms with van der Waals surface area (Å²) in [5.41, 5.74) is 0.493. The van der Waals surface area contributed by atoms with E-state index in [1.807, 2.05) is 0 Å². The Bertz CT molecular complexity index is 232. The Morgan fingerprint density at radius 1 is 0.850 bits per heavy atom. The largest absolute Gasteiger partial charge is 0.0654 e. The van der Waals surface area contributed by atoms with E-state index in [0.29, 0.717) is 5.41 Å². The van der Waals surface area contributed by atoms with Gasteiger partial charge < -0.3 is 0 Å². The molecular formula is C20H42. The lowest BCUT2D eigenvalue weighted by Gasteiger charge is -2.50. The van der Waals surface area contributed by atoms with E-state index >= 15 is 0 Å². The molecule has 0 aliphatic rings. The van der Waals surface area contributed by atoms with Crippen LogP contribution in [0.2, 0.25) is 0 Å². The van der Waals surface area contributed by atoms with Crippen LogP contribution in [0.15, 0.2) is 0 Å². The lowest BCUT2D eigenvalue weighted by Crippen LogP contribution is -2.43. The van der Waals surface area contributed by atoms with Gasteiger partial charge in [-0.2, -0.15) is 0 Å². The second kappa shape index (κ2) is 9.11. The van der Waals surface area contributed by atoms with Gasteiger partial charge >= 0.3 is 0 Å². The summed E-state index contributed by atoms with van der Waals surface area (Å²) in [4.78, 5) is 0. The molecule has 0 nitrogen and oxygen atoms in total. The second-order valence-electron chi connectivity index (χ2n) is 8.01. The molecule has 0 saturated heterocycles. The minimum absolute atomic E-state index is 0.493. The Balaban J connectivity index is 5.46. The number of hydrogen-bond acceptors (Lipinski definition) is 0. The van der Waals surface area contributed by atoms with Gasteiger partial charge in [0.25, 0.3) is 0 Å². The van der Waals surface area contributed by atoms with E-state index in [2.05, 4.69) is 62.3 Å². The molecule has 0 heteroatoms. The highest BCUT2D eigenvalue weighted by molar-refractivity contribution is 4.92. The Kier molecular flexibility index (Phi) is 9.11. The molecule has 0 fully saturated rings. The van der Waals surface area contributed by atoms with Gasteiger partial charge in [0.1, 0.15) is 0 Å². The zero-order valence-electron chi connectivity index (χ0n) is 15.9. The lowest BCUT2D eigenvalue weighted by molar-refractivity contribution is -0.00931. The average Bonchev–Trinajstić information content (AvgIpc) is 2.37. The van der Waals surface area contributed by atoms with Crippen molar-refractivity contribution in [3.05, 3.63) is 0 Å². The fourth-order valence-corrected chi connectivity index (χ4v) is 5.01. The molecule has 0 bridgehead atoms. The van der Waals surface area contributed by atoms with E-state index in [9.17, 15) is 0 Å². The maximum absolute atomic E-state index is 2.60. The zero-order valence-corrected chi connectivity index (χ0v) is 15.9. The molecule has 122 valence electrons. The molecule has 0 aromatic carbocycles. The van der Waals surface area contributed by atoms with Crippen molar-refractivity contribution < 1.29 is 0 Å². The lowest BCUT2D eigenvalue weighted by atomic mass is 9.55. The van der Waals surface area contributed by atoms with Crippen molar-refractivity contribution in [2.45, 2.75) is 94.4 Å². The summed E-state index contributed by atoms with van der Waals surface area (Å²) < 4.78 is 0. The highest BCUT2D eigenvalue weighted by atomic mass is 14.5. The Labute approximate surface area is 130 Å². The van der Waals surface area contributed by atoms with Crippen molar-refractivity contribution >= 4 is 0 Å². The van der Waals surface area contributed by atoms with Gasteiger partial charge in [0.15, 0.2) is 0 Å². The van der Waals surface area contributed by atoms with Crippen molar-refractivity contribution in [2.75, 3.05) is 0 Å². The van der Waals surface area contributed by atoms with Crippen LogP contribution in [0.4, 0.5) is 0 Å². The second-order valence-corrected chi connectivity index (χ2v) is 8.01. The van der Waals surface area contributed by atoms with E-state index < -0.39 is 0 Å². The molecular weight excluding hydrogens is 240 g/mol. The summed E-state index contributed by atoms with van der Waals surface area (Å²) in [5, 5.41) is 0. The van der Waals surface area contributed by atoms with E-state index in [1.165, 1.54) is 32.1 Å². The Morgan fingerprint density at radius 2 is 1.35 bits per heavy atom. The van der Waals surface area contributed by atoms with Crippen LogP contribution < -0.4 is 0 Å². The highest BCUT2D eigenvalue weighted by Crippen LogP contribution is 2.51. The number of rotatable bonds is 10. The molecule has 0 radical (unpaired) electrons. The maximum atomic E-state index is 2.60. The van der Waals surface area contributed by atoms with Crippen molar-refractivity contribution in [3.63, 3.8) is 0 Å². The maximum Gasteiger partial charge on any atom is -0.0264 e. The first-order valence-electron chi connectivity index (χ1n) is 9.26. The minimum Gasteiger partial charge on any atom is -0.0654 e. The summed E-state index contributed by atoms with van der Waals surface area (Å²) in [6.07, 6.45) is 6.81. The first kappa shape index (κ1) is 20.0. The predicted octanol–water partition coefficient (Wildman–Crippen LogP) is 7.18. The Hall–Kier alpha value is 0. The van der Waals surface area contributed by atoms with Crippen molar-refractivity contribution in [1.29, 1.82) is 0 Å². The molecule has 0 aromatic rings. The third-order valence-corrected chi connectivity index (χ3v) is 6.01. The van der Waals surface area contributed by atoms with Gasteiger partial charge in [0.05, 0.1) is 0 Å². The number of hydrogen-bond donors (Lipinski definition) is 0. The van der Waals surface area contributed by atoms with Crippen molar-refractivity contribution in [1.82, 2.24) is 0 Å². The van der Waals surface area contributed by atoms with Crippen LogP contribution >= 0.6 is 0 Å². The molecule has 0 aliphatic carbocycles. The van der Waals surface area contributed by atoms with Crippen LogP contribution in [0.3, 0.4) is 0 Å². The van der Waals surface area contributed by atoms with E-state index in [1.54, 1.807) is 0 Å². The molecule has 3 atom stereocenters. The normalized spacial score (nSPS) is 18.6. The standard InChI is InChI=1S/C20H42/c1-10-13-14-18(17(8)11-2)20(9,12-3)19(15(4)5)16(6)7/h15-19H,10-14H2,1-9H3. The SMILES string of the molecule is CCCCC(C(C)CC)C(C)(CC)C(C(C)C)C(C)C. The average molecular weight is 283 g/mol. The predicted molar refractivity (Wildman–Crippen MR) is 94.0 cm³/mol. The van der Waals surface area contributed by atoms with Gasteiger partial charge in [0, 0.05) is 0 Å². The van der Waals surface area contributed by atoms with Crippen molar-refractivity contribution in [2.24, 2.45) is 35.0 Å². The van der Waals surface area contributed by atoms with Crippen LogP contribution in [-0.4, -0.2) is 0 Å². The molecule has 0 saturated carbocycles. The van der Waals surface area contributed by atoms with Crippen LogP contribution in [0, 0.1) is 35.0 Å². The summed E-state index contributed by atoms with van der Waals surface area (Å²) in [6.45, 7) is 22.0. The van der Waals surface area contributed by atoms with Gasteiger partial charge in [-0.1, -0.05) is 88.0 Å². The molecule has 0 amide bonds. The fraction of sp³-hybridized carbons (Fsp3) is 1.00. The van der Waals surface area contributed by atoms with Gasteiger partial charge in [-0.15, -0.1) is 0 Å². The van der Waals surface area contributed by atoms with Crippen LogP contribution in [0.5, 0.6) is 0 Å². The molecule has 20 heavy (non-hydrogen) atoms. The molecule has 0 N–H and O–H groups in total. The van der Waals surface area contributed by atoms with Gasteiger partial charge in [-0.25, -0.2) is 0 Å². The first-order valence-corrected chi connectivity index (χ1v) is 9.26. The molecule has 0 spiro atoms. The van der Waals surface area contributed by atoms with E-state index in [-0.39, 0.29) is 0 Å². The zero-order chi connectivity index (χ0) is 15.9. The summed E-state index contributed by atoms with van der Waals surface area (Å²) in [5.74, 6) is 4.14. The summed E-state index contributed by atoms with van der Waals surface area (Å²) in [6, 6.07) is 0. The molecule has 0 rings (SSSR count). The highest BCUT2D eigenvalue weighted by Gasteiger charge is 2.43. The quantitative estimate of drug-likeness (QED) is 0.398. The molecule has 3 unspecified atom stereocenters. The minimum atomic E-state index is 0.493. The summed E-state index contributed by atoms with van der Waals surface area (Å²) in [7, 11) is 0. The first-order chi connectivity index (χ1) is 9.26. The molecule has 0 aromatic heterocycles. The number of unbranched alkanes of at least 4 members (excludes halogenated alkanes) is 1. The van der Waals surface area contributed by atoms with E-state index in [0.717, 1.165) is 29.6 Å².